The average Bonchev–Trinajstić information content (AvgIpc) is 2.40. The molecule has 1 nitrogen and oxygen atoms in total. The van der Waals surface area contributed by atoms with Crippen LogP contribution in [-0.2, 0) is 4.79 Å². The number of hydrogen-bond donors (Lipinski definition) is 0. The molecule has 2 rings (SSSR count). The molecule has 0 spiro atoms. The van der Waals surface area contributed by atoms with Gasteiger partial charge in [-0.15, -0.1) is 0 Å². The van der Waals surface area contributed by atoms with Crippen molar-refractivity contribution < 1.29 is 4.79 Å². The second kappa shape index (κ2) is 1.94. The minimum absolute atomic E-state index is 0.361. The van der Waals surface area contributed by atoms with E-state index in [-0.39, 0.29) is 0 Å². The lowest BCUT2D eigenvalue weighted by Crippen LogP contribution is -2.15. The molecule has 0 saturated heterocycles. The monoisotopic (exact) mass is 136 g/mol. The summed E-state index contributed by atoms with van der Waals surface area (Å²) in [4.78, 5) is 11.2. The van der Waals surface area contributed by atoms with E-state index in [9.17, 15) is 4.79 Å². The Balaban J connectivity index is 2.25. The van der Waals surface area contributed by atoms with E-state index in [1.165, 1.54) is 0 Å². The molecule has 10 heavy (non-hydrogen) atoms. The lowest BCUT2D eigenvalue weighted by molar-refractivity contribution is -0.121. The Labute approximate surface area is 61.1 Å². The van der Waals surface area contributed by atoms with Crippen molar-refractivity contribution >= 4 is 5.78 Å². The molecule has 0 heterocycles. The molecule has 3 unspecified atom stereocenters. The SMILES string of the molecule is CC1C=CC2CCC(=O)C12. The maximum Gasteiger partial charge on any atom is 0.137 e. The minimum Gasteiger partial charge on any atom is -0.299 e. The summed E-state index contributed by atoms with van der Waals surface area (Å²) in [7, 11) is 0. The first kappa shape index (κ1) is 6.14. The van der Waals surface area contributed by atoms with Crippen LogP contribution in [0, 0.1) is 17.8 Å². The van der Waals surface area contributed by atoms with Gasteiger partial charge < -0.3 is 0 Å². The van der Waals surface area contributed by atoms with Gasteiger partial charge in [-0.25, -0.2) is 0 Å². The van der Waals surface area contributed by atoms with Crippen LogP contribution in [0.15, 0.2) is 12.2 Å². The number of carbonyl (C=O) groups is 1. The summed E-state index contributed by atoms with van der Waals surface area (Å²) in [6.07, 6.45) is 6.33. The fourth-order valence-electron chi connectivity index (χ4n) is 2.23. The van der Waals surface area contributed by atoms with Gasteiger partial charge in [0.05, 0.1) is 0 Å². The summed E-state index contributed by atoms with van der Waals surface area (Å²) in [5.74, 6) is 1.96. The van der Waals surface area contributed by atoms with Gasteiger partial charge in [0.15, 0.2) is 0 Å². The maximum absolute atomic E-state index is 11.2. The molecule has 1 saturated carbocycles. The molecule has 0 amide bonds. The van der Waals surface area contributed by atoms with E-state index in [0.29, 0.717) is 23.5 Å². The van der Waals surface area contributed by atoms with E-state index < -0.39 is 0 Å². The molecule has 0 N–H and O–H groups in total. The van der Waals surface area contributed by atoms with Gasteiger partial charge in [-0.1, -0.05) is 19.1 Å². The number of allylic oxidation sites excluding steroid dienone is 2. The van der Waals surface area contributed by atoms with E-state index >= 15 is 0 Å². The molecule has 0 aliphatic heterocycles. The van der Waals surface area contributed by atoms with Gasteiger partial charge in [0.25, 0.3) is 0 Å². The van der Waals surface area contributed by atoms with E-state index in [0.717, 1.165) is 12.8 Å². The number of rotatable bonds is 0. The van der Waals surface area contributed by atoms with Crippen molar-refractivity contribution in [2.24, 2.45) is 17.8 Å². The third-order valence-corrected chi connectivity index (χ3v) is 2.79. The summed E-state index contributed by atoms with van der Waals surface area (Å²) in [5, 5.41) is 0. The zero-order valence-corrected chi connectivity index (χ0v) is 6.21. The van der Waals surface area contributed by atoms with Gasteiger partial charge in [0.2, 0.25) is 0 Å². The fraction of sp³-hybridized carbons (Fsp3) is 0.667. The van der Waals surface area contributed by atoms with E-state index in [4.69, 9.17) is 0 Å². The quantitative estimate of drug-likeness (QED) is 0.464. The Morgan fingerprint density at radius 2 is 2.30 bits per heavy atom. The van der Waals surface area contributed by atoms with Crippen LogP contribution in [0.5, 0.6) is 0 Å². The van der Waals surface area contributed by atoms with Gasteiger partial charge in [-0.2, -0.15) is 0 Å². The number of hydrogen-bond acceptors (Lipinski definition) is 1. The Morgan fingerprint density at radius 3 is 3.00 bits per heavy atom. The van der Waals surface area contributed by atoms with Gasteiger partial charge >= 0.3 is 0 Å². The van der Waals surface area contributed by atoms with Gasteiger partial charge in [0, 0.05) is 12.3 Å². The van der Waals surface area contributed by atoms with Gasteiger partial charge in [-0.3, -0.25) is 4.79 Å². The fourth-order valence-corrected chi connectivity index (χ4v) is 2.23. The molecule has 3 atom stereocenters. The normalized spacial score (nSPS) is 44.5. The molecule has 0 bridgehead atoms. The standard InChI is InChI=1S/C9H12O/c1-6-2-3-7-4-5-8(10)9(6)7/h2-3,6-7,9H,4-5H2,1H3. The summed E-state index contributed by atoms with van der Waals surface area (Å²) in [6, 6.07) is 0. The predicted octanol–water partition coefficient (Wildman–Crippen LogP) is 1.79. The molecule has 2 aliphatic carbocycles. The van der Waals surface area contributed by atoms with Crippen LogP contribution in [0.25, 0.3) is 0 Å². The smallest absolute Gasteiger partial charge is 0.137 e. The van der Waals surface area contributed by atoms with Gasteiger partial charge in [0.1, 0.15) is 5.78 Å². The maximum atomic E-state index is 11.2. The van der Waals surface area contributed by atoms with E-state index in [1.807, 2.05) is 0 Å². The molecular weight excluding hydrogens is 124 g/mol. The zero-order valence-electron chi connectivity index (χ0n) is 6.21. The van der Waals surface area contributed by atoms with Crippen LogP contribution in [0.3, 0.4) is 0 Å². The lowest BCUT2D eigenvalue weighted by Gasteiger charge is -2.11. The number of fused-ring (bicyclic) bond motifs is 1. The third-order valence-electron chi connectivity index (χ3n) is 2.79. The number of ketones is 1. The first-order chi connectivity index (χ1) is 4.79. The highest BCUT2D eigenvalue weighted by atomic mass is 16.1. The third kappa shape index (κ3) is 0.664. The van der Waals surface area contributed by atoms with E-state index in [2.05, 4.69) is 19.1 Å². The predicted molar refractivity (Wildman–Crippen MR) is 39.5 cm³/mol. The van der Waals surface area contributed by atoms with E-state index in [1.54, 1.807) is 0 Å². The lowest BCUT2D eigenvalue weighted by atomic mass is 9.92. The summed E-state index contributed by atoms with van der Waals surface area (Å²) in [6.45, 7) is 2.14. The highest BCUT2D eigenvalue weighted by Gasteiger charge is 2.38. The molecule has 1 heteroatoms. The first-order valence-corrected chi connectivity index (χ1v) is 4.00. The molecule has 0 aromatic carbocycles. The minimum atomic E-state index is 0.361. The molecule has 1 fully saturated rings. The molecule has 0 aromatic heterocycles. The van der Waals surface area contributed by atoms with Crippen molar-refractivity contribution in [1.82, 2.24) is 0 Å². The molecular formula is C9H12O. The largest absolute Gasteiger partial charge is 0.299 e. The second-order valence-corrected chi connectivity index (χ2v) is 3.44. The van der Waals surface area contributed by atoms with Crippen molar-refractivity contribution in [3.05, 3.63) is 12.2 Å². The number of carbonyl (C=O) groups excluding carboxylic acids is 1. The highest BCUT2D eigenvalue weighted by molar-refractivity contribution is 5.84. The van der Waals surface area contributed by atoms with Crippen LogP contribution in [0.2, 0.25) is 0 Å². The average molecular weight is 136 g/mol. The van der Waals surface area contributed by atoms with Crippen LogP contribution in [0.1, 0.15) is 19.8 Å². The Morgan fingerprint density at radius 1 is 1.50 bits per heavy atom. The van der Waals surface area contributed by atoms with Crippen molar-refractivity contribution in [1.29, 1.82) is 0 Å². The van der Waals surface area contributed by atoms with Crippen molar-refractivity contribution in [3.63, 3.8) is 0 Å². The Bertz CT molecular complexity index is 193. The van der Waals surface area contributed by atoms with Crippen molar-refractivity contribution in [2.45, 2.75) is 19.8 Å². The summed E-state index contributed by atoms with van der Waals surface area (Å²) >= 11 is 0. The Hall–Kier alpha value is -0.590. The summed E-state index contributed by atoms with van der Waals surface area (Å²) < 4.78 is 0. The van der Waals surface area contributed by atoms with Crippen molar-refractivity contribution in [2.75, 3.05) is 0 Å². The van der Waals surface area contributed by atoms with Crippen LogP contribution < -0.4 is 0 Å². The summed E-state index contributed by atoms with van der Waals surface area (Å²) in [5.41, 5.74) is 0. The zero-order chi connectivity index (χ0) is 7.14. The first-order valence-electron chi connectivity index (χ1n) is 4.00. The molecule has 2 aliphatic rings. The highest BCUT2D eigenvalue weighted by Crippen LogP contribution is 2.40. The van der Waals surface area contributed by atoms with Crippen molar-refractivity contribution in [3.8, 4) is 0 Å². The molecule has 0 radical (unpaired) electrons. The second-order valence-electron chi connectivity index (χ2n) is 3.44. The number of Topliss-reactive ketones (excluding diaryl/α,β-unsaturated/α-hetero) is 1. The van der Waals surface area contributed by atoms with Crippen LogP contribution in [-0.4, -0.2) is 5.78 Å². The topological polar surface area (TPSA) is 17.1 Å². The van der Waals surface area contributed by atoms with Crippen LogP contribution in [0.4, 0.5) is 0 Å². The van der Waals surface area contributed by atoms with Gasteiger partial charge in [-0.05, 0) is 18.3 Å². The Kier molecular flexibility index (Phi) is 1.19. The van der Waals surface area contributed by atoms with Crippen LogP contribution >= 0.6 is 0 Å². The molecule has 54 valence electrons. The molecule has 0 aromatic rings.